The average molecular weight is 330 g/mol. The molecular weight excluding hydrogens is 314 g/mol. The smallest absolute Gasteiger partial charge is 0.256 e. The molecule has 3 rings (SSSR count). The van der Waals surface area contributed by atoms with Gasteiger partial charge in [0.05, 0.1) is 22.3 Å². The summed E-state index contributed by atoms with van der Waals surface area (Å²) in [7, 11) is 0. The molecule has 2 heterocycles. The van der Waals surface area contributed by atoms with Gasteiger partial charge in [-0.3, -0.25) is 4.79 Å². The first-order chi connectivity index (χ1) is 11.4. The van der Waals surface area contributed by atoms with Crippen molar-refractivity contribution in [2.24, 2.45) is 0 Å². The maximum Gasteiger partial charge on any atom is 0.256 e. The summed E-state index contributed by atoms with van der Waals surface area (Å²) in [6.45, 7) is 6.12. The van der Waals surface area contributed by atoms with Gasteiger partial charge in [-0.15, -0.1) is 0 Å². The van der Waals surface area contributed by atoms with Crippen molar-refractivity contribution in [3.8, 4) is 0 Å². The highest BCUT2D eigenvalue weighted by atomic mass is 19.1. The molecule has 3 aromatic rings. The van der Waals surface area contributed by atoms with Gasteiger partial charge in [-0.25, -0.2) is 18.4 Å². The van der Waals surface area contributed by atoms with E-state index in [-0.39, 0.29) is 5.69 Å². The van der Waals surface area contributed by atoms with Gasteiger partial charge < -0.3 is 5.32 Å². The summed E-state index contributed by atoms with van der Waals surface area (Å²) in [6, 6.07) is 4.64. The lowest BCUT2D eigenvalue weighted by atomic mass is 10.1. The highest BCUT2D eigenvalue weighted by Gasteiger charge is 2.19. The number of carbonyl (C=O) groups excluding carboxylic acids is 1. The molecule has 0 saturated carbocycles. The van der Waals surface area contributed by atoms with Gasteiger partial charge in [-0.1, -0.05) is 0 Å². The summed E-state index contributed by atoms with van der Waals surface area (Å²) < 4.78 is 28.5. The summed E-state index contributed by atoms with van der Waals surface area (Å²) in [5, 5.41) is 7.49. The number of halogens is 2. The summed E-state index contributed by atoms with van der Waals surface area (Å²) in [4.78, 5) is 17.1. The van der Waals surface area contributed by atoms with Crippen LogP contribution < -0.4 is 5.32 Å². The lowest BCUT2D eigenvalue weighted by Crippen LogP contribution is -2.14. The van der Waals surface area contributed by atoms with Crippen LogP contribution in [0.1, 0.15) is 28.7 Å². The number of pyridine rings is 1. The highest BCUT2D eigenvalue weighted by Crippen LogP contribution is 2.24. The van der Waals surface area contributed by atoms with E-state index in [4.69, 9.17) is 0 Å². The Balaban J connectivity index is 2.08. The van der Waals surface area contributed by atoms with E-state index in [9.17, 15) is 13.6 Å². The monoisotopic (exact) mass is 330 g/mol. The zero-order valence-corrected chi connectivity index (χ0v) is 13.5. The van der Waals surface area contributed by atoms with Crippen LogP contribution in [-0.2, 0) is 6.54 Å². The first kappa shape index (κ1) is 16.0. The fourth-order valence-corrected chi connectivity index (χ4v) is 2.66. The molecule has 0 unspecified atom stereocenters. The summed E-state index contributed by atoms with van der Waals surface area (Å²) >= 11 is 0. The SMILES string of the molecule is CCn1nc(C)c2c(C(=O)Nc3ccc(F)cc3F)cc(C)nc21. The van der Waals surface area contributed by atoms with E-state index >= 15 is 0 Å². The number of nitrogens with one attached hydrogen (secondary N) is 1. The number of benzene rings is 1. The molecule has 0 fully saturated rings. The number of amides is 1. The Labute approximate surface area is 137 Å². The fourth-order valence-electron chi connectivity index (χ4n) is 2.66. The van der Waals surface area contributed by atoms with E-state index < -0.39 is 17.5 Å². The minimum Gasteiger partial charge on any atom is -0.319 e. The standard InChI is InChI=1S/C17H16F2N4O/c1-4-23-16-15(10(3)22-23)12(7-9(2)20-16)17(24)21-14-6-5-11(18)8-13(14)19/h5-8H,4H2,1-3H3,(H,21,24). The van der Waals surface area contributed by atoms with Crippen molar-refractivity contribution in [3.05, 3.63) is 52.9 Å². The van der Waals surface area contributed by atoms with Crippen molar-refractivity contribution in [3.63, 3.8) is 0 Å². The molecule has 0 spiro atoms. The Hall–Kier alpha value is -2.83. The van der Waals surface area contributed by atoms with Crippen LogP contribution in [-0.4, -0.2) is 20.7 Å². The third kappa shape index (κ3) is 2.73. The first-order valence-electron chi connectivity index (χ1n) is 7.52. The van der Waals surface area contributed by atoms with Crippen molar-refractivity contribution in [2.75, 3.05) is 5.32 Å². The fraction of sp³-hybridized carbons (Fsp3) is 0.235. The Bertz CT molecular complexity index is 949. The molecule has 0 radical (unpaired) electrons. The number of nitrogens with zero attached hydrogens (tertiary/aromatic N) is 3. The van der Waals surface area contributed by atoms with Crippen molar-refractivity contribution in [1.82, 2.24) is 14.8 Å². The van der Waals surface area contributed by atoms with E-state index in [0.29, 0.717) is 34.5 Å². The molecule has 1 amide bonds. The summed E-state index contributed by atoms with van der Waals surface area (Å²) in [5.74, 6) is -2.02. The maximum atomic E-state index is 13.8. The summed E-state index contributed by atoms with van der Waals surface area (Å²) in [6.07, 6.45) is 0. The van der Waals surface area contributed by atoms with Crippen LogP contribution in [0.15, 0.2) is 24.3 Å². The van der Waals surface area contributed by atoms with Crippen LogP contribution in [0.4, 0.5) is 14.5 Å². The van der Waals surface area contributed by atoms with E-state index in [1.807, 2.05) is 6.92 Å². The largest absolute Gasteiger partial charge is 0.319 e. The second kappa shape index (κ2) is 5.99. The molecule has 0 atom stereocenters. The molecule has 1 aromatic carbocycles. The van der Waals surface area contributed by atoms with Crippen molar-refractivity contribution in [2.45, 2.75) is 27.3 Å². The van der Waals surface area contributed by atoms with E-state index in [2.05, 4.69) is 15.4 Å². The minimum atomic E-state index is -0.827. The van der Waals surface area contributed by atoms with Gasteiger partial charge in [0.15, 0.2) is 5.65 Å². The Morgan fingerprint density at radius 1 is 1.25 bits per heavy atom. The van der Waals surface area contributed by atoms with Gasteiger partial charge in [0.2, 0.25) is 0 Å². The van der Waals surface area contributed by atoms with Gasteiger partial charge in [0, 0.05) is 18.3 Å². The van der Waals surface area contributed by atoms with Gasteiger partial charge >= 0.3 is 0 Å². The number of aryl methyl sites for hydroxylation is 3. The molecule has 5 nitrogen and oxygen atoms in total. The first-order valence-corrected chi connectivity index (χ1v) is 7.52. The molecule has 1 N–H and O–H groups in total. The average Bonchev–Trinajstić information content (AvgIpc) is 2.85. The third-order valence-corrected chi connectivity index (χ3v) is 3.73. The van der Waals surface area contributed by atoms with Crippen molar-refractivity contribution >= 4 is 22.6 Å². The molecule has 24 heavy (non-hydrogen) atoms. The second-order valence-corrected chi connectivity index (χ2v) is 5.49. The lowest BCUT2D eigenvalue weighted by molar-refractivity contribution is 0.102. The van der Waals surface area contributed by atoms with Gasteiger partial charge in [0.25, 0.3) is 5.91 Å². The number of aromatic nitrogens is 3. The van der Waals surface area contributed by atoms with Gasteiger partial charge in [-0.2, -0.15) is 5.10 Å². The number of rotatable bonds is 3. The normalized spacial score (nSPS) is 11.0. The van der Waals surface area contributed by atoms with Crippen LogP contribution in [0.2, 0.25) is 0 Å². The lowest BCUT2D eigenvalue weighted by Gasteiger charge is -2.09. The molecular formula is C17H16F2N4O. The molecule has 7 heteroatoms. The molecule has 0 saturated heterocycles. The topological polar surface area (TPSA) is 59.8 Å². The van der Waals surface area contributed by atoms with Crippen LogP contribution in [0.25, 0.3) is 11.0 Å². The van der Waals surface area contributed by atoms with E-state index in [0.717, 1.165) is 12.1 Å². The highest BCUT2D eigenvalue weighted by molar-refractivity contribution is 6.12. The van der Waals surface area contributed by atoms with Gasteiger partial charge in [-0.05, 0) is 39.0 Å². The molecule has 2 aromatic heterocycles. The molecule has 0 aliphatic carbocycles. The predicted molar refractivity (Wildman–Crippen MR) is 87.0 cm³/mol. The molecule has 0 aliphatic rings. The molecule has 0 bridgehead atoms. The number of hydrogen-bond acceptors (Lipinski definition) is 3. The van der Waals surface area contributed by atoms with Crippen LogP contribution >= 0.6 is 0 Å². The van der Waals surface area contributed by atoms with Crippen molar-refractivity contribution in [1.29, 1.82) is 0 Å². The Morgan fingerprint density at radius 3 is 2.67 bits per heavy atom. The quantitative estimate of drug-likeness (QED) is 0.798. The predicted octanol–water partition coefficient (Wildman–Crippen LogP) is 3.60. The number of anilines is 1. The van der Waals surface area contributed by atoms with Crippen LogP contribution in [0.3, 0.4) is 0 Å². The van der Waals surface area contributed by atoms with Crippen LogP contribution in [0, 0.1) is 25.5 Å². The van der Waals surface area contributed by atoms with E-state index in [1.54, 1.807) is 24.6 Å². The molecule has 124 valence electrons. The maximum absolute atomic E-state index is 13.8. The Kier molecular flexibility index (Phi) is 4.01. The zero-order valence-electron chi connectivity index (χ0n) is 13.5. The molecule has 0 aliphatic heterocycles. The van der Waals surface area contributed by atoms with E-state index in [1.165, 1.54) is 6.07 Å². The minimum absolute atomic E-state index is 0.0791. The van der Waals surface area contributed by atoms with Crippen LogP contribution in [0.5, 0.6) is 0 Å². The number of hydrogen-bond donors (Lipinski definition) is 1. The Morgan fingerprint density at radius 2 is 2.00 bits per heavy atom. The number of carbonyl (C=O) groups is 1. The zero-order chi connectivity index (χ0) is 17.4. The summed E-state index contributed by atoms with van der Waals surface area (Å²) in [5.41, 5.74) is 2.22. The third-order valence-electron chi connectivity index (χ3n) is 3.73. The number of fused-ring (bicyclic) bond motifs is 1. The second-order valence-electron chi connectivity index (χ2n) is 5.49. The van der Waals surface area contributed by atoms with Crippen molar-refractivity contribution < 1.29 is 13.6 Å². The van der Waals surface area contributed by atoms with Gasteiger partial charge in [0.1, 0.15) is 11.6 Å².